The van der Waals surface area contributed by atoms with Crippen molar-refractivity contribution in [2.24, 2.45) is 5.92 Å². The lowest BCUT2D eigenvalue weighted by atomic mass is 9.81. The molecule has 1 fully saturated rings. The van der Waals surface area contributed by atoms with Crippen molar-refractivity contribution in [2.45, 2.75) is 32.4 Å². The molecule has 2 rings (SSSR count). The minimum absolute atomic E-state index is 0.796. The highest BCUT2D eigenvalue weighted by molar-refractivity contribution is 5.05. The summed E-state index contributed by atoms with van der Waals surface area (Å²) in [7, 11) is 2.20. The van der Waals surface area contributed by atoms with E-state index < -0.39 is 0 Å². The van der Waals surface area contributed by atoms with Crippen LogP contribution in [0, 0.1) is 5.92 Å². The summed E-state index contributed by atoms with van der Waals surface area (Å²) in [4.78, 5) is 2.42. The van der Waals surface area contributed by atoms with E-state index in [0.29, 0.717) is 0 Å². The van der Waals surface area contributed by atoms with Crippen molar-refractivity contribution in [3.05, 3.63) is 24.2 Å². The summed E-state index contributed by atoms with van der Waals surface area (Å²) in [6.45, 7) is 3.34. The van der Waals surface area contributed by atoms with E-state index >= 15 is 0 Å². The first-order chi connectivity index (χ1) is 6.25. The van der Waals surface area contributed by atoms with Crippen LogP contribution in [-0.2, 0) is 6.54 Å². The van der Waals surface area contributed by atoms with Gasteiger partial charge in [-0.3, -0.25) is 4.90 Å². The number of rotatable bonds is 3. The first-order valence-corrected chi connectivity index (χ1v) is 4.97. The quantitative estimate of drug-likeness (QED) is 0.709. The lowest BCUT2D eigenvalue weighted by molar-refractivity contribution is 0.105. The van der Waals surface area contributed by atoms with Crippen molar-refractivity contribution in [2.75, 3.05) is 7.05 Å². The van der Waals surface area contributed by atoms with Gasteiger partial charge in [0.15, 0.2) is 0 Å². The van der Waals surface area contributed by atoms with E-state index in [-0.39, 0.29) is 0 Å². The Hall–Kier alpha value is -0.760. The molecule has 1 aromatic rings. The molecule has 72 valence electrons. The predicted molar refractivity (Wildman–Crippen MR) is 52.4 cm³/mol. The standard InChI is InChI=1S/C11H17NO/c1-9-5-11(6-9)12(2)7-10-3-4-13-8-10/h3-4,8-9,11H,5-7H2,1-2H3. The summed E-state index contributed by atoms with van der Waals surface area (Å²) in [5, 5.41) is 0. The maximum absolute atomic E-state index is 5.04. The molecule has 0 aliphatic heterocycles. The number of nitrogens with zero attached hydrogens (tertiary/aromatic N) is 1. The highest BCUT2D eigenvalue weighted by Gasteiger charge is 2.28. The Balaban J connectivity index is 1.82. The molecule has 0 bridgehead atoms. The highest BCUT2D eigenvalue weighted by atomic mass is 16.3. The van der Waals surface area contributed by atoms with Gasteiger partial charge >= 0.3 is 0 Å². The van der Waals surface area contributed by atoms with Crippen molar-refractivity contribution in [3.8, 4) is 0 Å². The van der Waals surface area contributed by atoms with Crippen LogP contribution in [0.2, 0.25) is 0 Å². The number of hydrogen-bond donors (Lipinski definition) is 0. The summed E-state index contributed by atoms with van der Waals surface area (Å²) in [6, 6.07) is 2.84. The van der Waals surface area contributed by atoms with Gasteiger partial charge in [-0.2, -0.15) is 0 Å². The van der Waals surface area contributed by atoms with Crippen LogP contribution in [0.3, 0.4) is 0 Å². The lowest BCUT2D eigenvalue weighted by Gasteiger charge is -2.39. The summed E-state index contributed by atoms with van der Waals surface area (Å²) in [5.41, 5.74) is 1.28. The Morgan fingerprint density at radius 3 is 2.85 bits per heavy atom. The Kier molecular flexibility index (Phi) is 2.40. The van der Waals surface area contributed by atoms with E-state index in [1.165, 1.54) is 18.4 Å². The fourth-order valence-corrected chi connectivity index (χ4v) is 2.02. The third-order valence-electron chi connectivity index (χ3n) is 2.98. The van der Waals surface area contributed by atoms with Gasteiger partial charge in [-0.15, -0.1) is 0 Å². The van der Waals surface area contributed by atoms with Gasteiger partial charge in [0, 0.05) is 18.2 Å². The van der Waals surface area contributed by atoms with Gasteiger partial charge in [0.2, 0.25) is 0 Å². The van der Waals surface area contributed by atoms with Gasteiger partial charge in [0.05, 0.1) is 12.5 Å². The van der Waals surface area contributed by atoms with Crippen LogP contribution in [0.1, 0.15) is 25.3 Å². The van der Waals surface area contributed by atoms with Gasteiger partial charge in [0.25, 0.3) is 0 Å². The fourth-order valence-electron chi connectivity index (χ4n) is 2.02. The molecule has 0 radical (unpaired) electrons. The molecule has 0 spiro atoms. The molecule has 1 aliphatic rings. The van der Waals surface area contributed by atoms with Gasteiger partial charge in [-0.1, -0.05) is 6.92 Å². The van der Waals surface area contributed by atoms with Crippen molar-refractivity contribution in [3.63, 3.8) is 0 Å². The SMILES string of the molecule is CC1CC(N(C)Cc2ccoc2)C1. The molecule has 2 heteroatoms. The largest absolute Gasteiger partial charge is 0.472 e. The molecule has 2 nitrogen and oxygen atoms in total. The monoisotopic (exact) mass is 179 g/mol. The van der Waals surface area contributed by atoms with Gasteiger partial charge in [-0.05, 0) is 31.9 Å². The molecule has 0 aromatic carbocycles. The van der Waals surface area contributed by atoms with Gasteiger partial charge in [-0.25, -0.2) is 0 Å². The second-order valence-corrected chi connectivity index (χ2v) is 4.28. The van der Waals surface area contributed by atoms with E-state index in [1.807, 2.05) is 12.3 Å². The molecule has 1 saturated carbocycles. The van der Waals surface area contributed by atoms with E-state index in [2.05, 4.69) is 18.9 Å². The zero-order chi connectivity index (χ0) is 9.26. The molecule has 0 amide bonds. The maximum Gasteiger partial charge on any atom is 0.0947 e. The van der Waals surface area contributed by atoms with E-state index in [4.69, 9.17) is 4.42 Å². The maximum atomic E-state index is 5.04. The topological polar surface area (TPSA) is 16.4 Å². The third-order valence-corrected chi connectivity index (χ3v) is 2.98. The molecule has 0 saturated heterocycles. The van der Waals surface area contributed by atoms with Crippen molar-refractivity contribution < 1.29 is 4.42 Å². The summed E-state index contributed by atoms with van der Waals surface area (Å²) >= 11 is 0. The summed E-state index contributed by atoms with van der Waals surface area (Å²) in [6.07, 6.45) is 6.29. The van der Waals surface area contributed by atoms with E-state index in [0.717, 1.165) is 18.5 Å². The second kappa shape index (κ2) is 3.54. The van der Waals surface area contributed by atoms with Crippen LogP contribution in [-0.4, -0.2) is 18.0 Å². The smallest absolute Gasteiger partial charge is 0.0947 e. The van der Waals surface area contributed by atoms with Crippen LogP contribution in [0.15, 0.2) is 23.0 Å². The number of furan rings is 1. The molecule has 0 unspecified atom stereocenters. The third kappa shape index (κ3) is 1.94. The lowest BCUT2D eigenvalue weighted by Crippen LogP contribution is -2.40. The Labute approximate surface area is 79.5 Å². The zero-order valence-electron chi connectivity index (χ0n) is 8.36. The second-order valence-electron chi connectivity index (χ2n) is 4.28. The molecule has 0 atom stereocenters. The Morgan fingerprint density at radius 1 is 1.54 bits per heavy atom. The van der Waals surface area contributed by atoms with Crippen LogP contribution >= 0.6 is 0 Å². The van der Waals surface area contributed by atoms with Crippen LogP contribution in [0.4, 0.5) is 0 Å². The molecule has 1 aliphatic carbocycles. The normalized spacial score (nSPS) is 27.6. The predicted octanol–water partition coefficient (Wildman–Crippen LogP) is 2.51. The first-order valence-electron chi connectivity index (χ1n) is 4.97. The van der Waals surface area contributed by atoms with Crippen LogP contribution < -0.4 is 0 Å². The molecule has 13 heavy (non-hydrogen) atoms. The van der Waals surface area contributed by atoms with E-state index in [1.54, 1.807) is 6.26 Å². The first kappa shape index (κ1) is 8.82. The molecule has 1 heterocycles. The van der Waals surface area contributed by atoms with Crippen LogP contribution in [0.5, 0.6) is 0 Å². The summed E-state index contributed by atoms with van der Waals surface area (Å²) < 4.78 is 5.04. The van der Waals surface area contributed by atoms with Crippen LogP contribution in [0.25, 0.3) is 0 Å². The van der Waals surface area contributed by atoms with E-state index in [9.17, 15) is 0 Å². The summed E-state index contributed by atoms with van der Waals surface area (Å²) in [5.74, 6) is 0.928. The van der Waals surface area contributed by atoms with Crippen molar-refractivity contribution >= 4 is 0 Å². The number of hydrogen-bond acceptors (Lipinski definition) is 2. The fraction of sp³-hybridized carbons (Fsp3) is 0.636. The molecule has 1 aromatic heterocycles. The molecular weight excluding hydrogens is 162 g/mol. The minimum atomic E-state index is 0.796. The molecule has 0 N–H and O–H groups in total. The molecular formula is C11H17NO. The highest BCUT2D eigenvalue weighted by Crippen LogP contribution is 2.30. The van der Waals surface area contributed by atoms with Gasteiger partial charge in [0.1, 0.15) is 0 Å². The Bertz CT molecular complexity index is 249. The Morgan fingerprint density at radius 2 is 2.31 bits per heavy atom. The van der Waals surface area contributed by atoms with Gasteiger partial charge < -0.3 is 4.42 Å². The average Bonchev–Trinajstić information content (AvgIpc) is 2.51. The zero-order valence-corrected chi connectivity index (χ0v) is 8.36. The minimum Gasteiger partial charge on any atom is -0.472 e. The van der Waals surface area contributed by atoms with Crippen molar-refractivity contribution in [1.82, 2.24) is 4.90 Å². The average molecular weight is 179 g/mol. The van der Waals surface area contributed by atoms with Crippen molar-refractivity contribution in [1.29, 1.82) is 0 Å².